The zero-order chi connectivity index (χ0) is 9.90. The van der Waals surface area contributed by atoms with Gasteiger partial charge in [0.25, 0.3) is 0 Å². The molecule has 0 saturated heterocycles. The van der Waals surface area contributed by atoms with E-state index in [0.29, 0.717) is 6.54 Å². The average molecular weight is 207 g/mol. The van der Waals surface area contributed by atoms with E-state index in [2.05, 4.69) is 10.3 Å². The second kappa shape index (κ2) is 3.82. The van der Waals surface area contributed by atoms with Crippen LogP contribution in [0.4, 0.5) is 3.89 Å². The molecule has 0 saturated carbocycles. The largest absolute Gasteiger partial charge is 0.308 e. The van der Waals surface area contributed by atoms with E-state index in [1.54, 1.807) is 0 Å². The summed E-state index contributed by atoms with van der Waals surface area (Å²) in [5.41, 5.74) is 0.135. The topological polar surface area (TPSA) is 64.8 Å². The minimum atomic E-state index is -4.49. The van der Waals surface area contributed by atoms with Crippen LogP contribution in [-0.2, 0) is 22.5 Å². The normalized spacial score (nSPS) is 11.8. The molecule has 5 nitrogen and oxygen atoms in total. The monoisotopic (exact) mass is 207 g/mol. The Morgan fingerprint density at radius 2 is 2.31 bits per heavy atom. The third-order valence-electron chi connectivity index (χ3n) is 1.36. The summed E-state index contributed by atoms with van der Waals surface area (Å²) in [6.07, 6.45) is 2.30. The molecule has 0 aliphatic rings. The molecule has 1 heterocycles. The van der Waals surface area contributed by atoms with Gasteiger partial charge in [-0.3, -0.25) is 4.68 Å². The number of aromatic nitrogens is 3. The Morgan fingerprint density at radius 3 is 2.85 bits per heavy atom. The third-order valence-corrected chi connectivity index (χ3v) is 2.00. The van der Waals surface area contributed by atoms with Gasteiger partial charge in [-0.15, -0.1) is 8.98 Å². The highest BCUT2D eigenvalue weighted by Gasteiger charge is 2.11. The van der Waals surface area contributed by atoms with Gasteiger partial charge in [0.1, 0.15) is 11.4 Å². The molecule has 0 fully saturated rings. The first kappa shape index (κ1) is 10.1. The van der Waals surface area contributed by atoms with Crippen molar-refractivity contribution in [1.29, 1.82) is 0 Å². The summed E-state index contributed by atoms with van der Waals surface area (Å²) in [5.74, 6) is -0.698. The maximum Gasteiger partial charge on any atom is 0.308 e. The Balaban J connectivity index is 2.69. The molecule has 0 aliphatic heterocycles. The van der Waals surface area contributed by atoms with Crippen molar-refractivity contribution in [1.82, 2.24) is 15.0 Å². The zero-order valence-corrected chi connectivity index (χ0v) is 7.96. The van der Waals surface area contributed by atoms with E-state index in [1.807, 2.05) is 6.92 Å². The second-order valence-electron chi connectivity index (χ2n) is 2.66. The molecule has 1 aromatic rings. The van der Waals surface area contributed by atoms with Crippen molar-refractivity contribution in [3.63, 3.8) is 0 Å². The highest BCUT2D eigenvalue weighted by Crippen LogP contribution is 2.03. The van der Waals surface area contributed by atoms with Crippen LogP contribution in [0.3, 0.4) is 0 Å². The molecule has 1 rings (SSSR count). The van der Waals surface area contributed by atoms with Crippen molar-refractivity contribution in [2.24, 2.45) is 0 Å². The lowest BCUT2D eigenvalue weighted by Crippen LogP contribution is -1.97. The molecule has 0 N–H and O–H groups in total. The second-order valence-corrected chi connectivity index (χ2v) is 4.02. The molecule has 0 aliphatic carbocycles. The van der Waals surface area contributed by atoms with Crippen molar-refractivity contribution >= 4 is 10.2 Å². The lowest BCUT2D eigenvalue weighted by molar-refractivity contribution is 0.550. The van der Waals surface area contributed by atoms with Crippen LogP contribution >= 0.6 is 0 Å². The van der Waals surface area contributed by atoms with Gasteiger partial charge in [-0.05, 0) is 6.42 Å². The summed E-state index contributed by atoms with van der Waals surface area (Å²) in [6, 6.07) is 0. The predicted molar refractivity (Wildman–Crippen MR) is 44.0 cm³/mol. The molecule has 0 atom stereocenters. The van der Waals surface area contributed by atoms with Gasteiger partial charge in [-0.2, -0.15) is 8.42 Å². The molecule has 0 bridgehead atoms. The van der Waals surface area contributed by atoms with Crippen LogP contribution in [-0.4, -0.2) is 23.4 Å². The van der Waals surface area contributed by atoms with Crippen molar-refractivity contribution in [2.45, 2.75) is 25.6 Å². The van der Waals surface area contributed by atoms with Crippen LogP contribution in [0.2, 0.25) is 0 Å². The quantitative estimate of drug-likeness (QED) is 0.674. The molecular formula is C6H10FN3O2S. The zero-order valence-electron chi connectivity index (χ0n) is 7.14. The molecular weight excluding hydrogens is 197 g/mol. The highest BCUT2D eigenvalue weighted by atomic mass is 32.3. The SMILES string of the molecule is CCCn1cc(CS(=O)(=O)F)nn1. The predicted octanol–water partition coefficient (Wildman–Crippen LogP) is 0.487. The van der Waals surface area contributed by atoms with Gasteiger partial charge in [-0.25, -0.2) is 0 Å². The Kier molecular flexibility index (Phi) is 2.97. The van der Waals surface area contributed by atoms with Crippen LogP contribution < -0.4 is 0 Å². The maximum atomic E-state index is 12.2. The fourth-order valence-corrected chi connectivity index (χ4v) is 1.41. The summed E-state index contributed by atoms with van der Waals surface area (Å²) in [5, 5.41) is 7.14. The maximum absolute atomic E-state index is 12.2. The minimum Gasteiger partial charge on any atom is -0.252 e. The number of nitrogens with zero attached hydrogens (tertiary/aromatic N) is 3. The van der Waals surface area contributed by atoms with Gasteiger partial charge >= 0.3 is 10.2 Å². The fraction of sp³-hybridized carbons (Fsp3) is 0.667. The number of halogens is 1. The van der Waals surface area contributed by atoms with E-state index < -0.39 is 16.0 Å². The van der Waals surface area contributed by atoms with Crippen molar-refractivity contribution in [3.8, 4) is 0 Å². The number of aryl methyl sites for hydroxylation is 1. The summed E-state index contributed by atoms with van der Waals surface area (Å²) in [7, 11) is -4.49. The van der Waals surface area contributed by atoms with Crippen molar-refractivity contribution < 1.29 is 12.3 Å². The Labute approximate surface area is 75.8 Å². The molecule has 13 heavy (non-hydrogen) atoms. The van der Waals surface area contributed by atoms with Crippen molar-refractivity contribution in [3.05, 3.63) is 11.9 Å². The van der Waals surface area contributed by atoms with Gasteiger partial charge in [0.2, 0.25) is 0 Å². The highest BCUT2D eigenvalue weighted by molar-refractivity contribution is 7.85. The van der Waals surface area contributed by atoms with E-state index >= 15 is 0 Å². The van der Waals surface area contributed by atoms with E-state index in [4.69, 9.17) is 0 Å². The Bertz CT molecular complexity index is 373. The standard InChI is InChI=1S/C6H10FN3O2S/c1-2-3-10-4-6(8-9-10)5-13(7,11)12/h4H,2-3,5H2,1H3. The van der Waals surface area contributed by atoms with E-state index in [-0.39, 0.29) is 5.69 Å². The molecule has 1 aromatic heterocycles. The third kappa shape index (κ3) is 3.49. The van der Waals surface area contributed by atoms with Crippen LogP contribution in [0.25, 0.3) is 0 Å². The molecule has 0 amide bonds. The summed E-state index contributed by atoms with van der Waals surface area (Å²) < 4.78 is 34.1. The average Bonchev–Trinajstić information content (AvgIpc) is 2.33. The lowest BCUT2D eigenvalue weighted by atomic mass is 10.5. The minimum absolute atomic E-state index is 0.135. The van der Waals surface area contributed by atoms with Crippen LogP contribution in [0.15, 0.2) is 6.20 Å². The van der Waals surface area contributed by atoms with Gasteiger partial charge in [0, 0.05) is 12.7 Å². The molecule has 0 spiro atoms. The number of hydrogen-bond donors (Lipinski definition) is 0. The summed E-state index contributed by atoms with van der Waals surface area (Å²) in [4.78, 5) is 0. The first-order chi connectivity index (χ1) is 6.01. The van der Waals surface area contributed by atoms with Crippen molar-refractivity contribution in [2.75, 3.05) is 0 Å². The Hall–Kier alpha value is -0.980. The summed E-state index contributed by atoms with van der Waals surface area (Å²) >= 11 is 0. The molecule has 0 unspecified atom stereocenters. The first-order valence-corrected chi connectivity index (χ1v) is 5.38. The van der Waals surface area contributed by atoms with E-state index in [9.17, 15) is 12.3 Å². The van der Waals surface area contributed by atoms with E-state index in [0.717, 1.165) is 6.42 Å². The molecule has 7 heteroatoms. The van der Waals surface area contributed by atoms with E-state index in [1.165, 1.54) is 10.9 Å². The number of rotatable bonds is 4. The van der Waals surface area contributed by atoms with Gasteiger partial charge < -0.3 is 0 Å². The molecule has 74 valence electrons. The van der Waals surface area contributed by atoms with Crippen LogP contribution in [0.1, 0.15) is 19.0 Å². The molecule has 0 radical (unpaired) electrons. The van der Waals surface area contributed by atoms with Gasteiger partial charge in [0.15, 0.2) is 0 Å². The van der Waals surface area contributed by atoms with Crippen LogP contribution in [0.5, 0.6) is 0 Å². The van der Waals surface area contributed by atoms with Gasteiger partial charge in [-0.1, -0.05) is 12.1 Å². The van der Waals surface area contributed by atoms with Gasteiger partial charge in [0.05, 0.1) is 0 Å². The smallest absolute Gasteiger partial charge is 0.252 e. The number of hydrogen-bond acceptors (Lipinski definition) is 4. The lowest BCUT2D eigenvalue weighted by Gasteiger charge is -1.92. The molecule has 0 aromatic carbocycles. The van der Waals surface area contributed by atoms with Crippen LogP contribution in [0, 0.1) is 0 Å². The first-order valence-electron chi connectivity index (χ1n) is 3.82. The Morgan fingerprint density at radius 1 is 1.62 bits per heavy atom. The summed E-state index contributed by atoms with van der Waals surface area (Å²) in [6.45, 7) is 2.60. The fourth-order valence-electron chi connectivity index (χ4n) is 0.920.